The molecule has 0 saturated carbocycles. The van der Waals surface area contributed by atoms with Crippen LogP contribution in [0.4, 0.5) is 0 Å². The van der Waals surface area contributed by atoms with Crippen LogP contribution in [0.2, 0.25) is 0 Å². The third kappa shape index (κ3) is 4.39. The number of rotatable bonds is 3. The highest BCUT2D eigenvalue weighted by molar-refractivity contribution is 5.63. The first kappa shape index (κ1) is 15.2. The highest BCUT2D eigenvalue weighted by atomic mass is 16.5. The fourth-order valence-corrected chi connectivity index (χ4v) is 1.68. The fourth-order valence-electron chi connectivity index (χ4n) is 1.68. The molecular weight excluding hydrogens is 238 g/mol. The van der Waals surface area contributed by atoms with E-state index in [4.69, 9.17) is 4.74 Å². The molecule has 0 atom stereocenters. The van der Waals surface area contributed by atoms with E-state index in [9.17, 15) is 0 Å². The average Bonchev–Trinajstić information content (AvgIpc) is 2.77. The maximum absolute atomic E-state index is 5.63. The van der Waals surface area contributed by atoms with Crippen LogP contribution < -0.4 is 4.74 Å². The Balaban J connectivity index is 0.000000861. The van der Waals surface area contributed by atoms with Crippen molar-refractivity contribution in [1.82, 2.24) is 14.8 Å². The van der Waals surface area contributed by atoms with Crippen LogP contribution in [-0.2, 0) is 7.05 Å². The van der Waals surface area contributed by atoms with Gasteiger partial charge in [-0.05, 0) is 32.4 Å². The van der Waals surface area contributed by atoms with Gasteiger partial charge in [0.2, 0.25) is 5.88 Å². The summed E-state index contributed by atoms with van der Waals surface area (Å²) < 4.78 is 7.41. The molecular formula is C15H23N3O. The Morgan fingerprint density at radius 2 is 1.84 bits per heavy atom. The van der Waals surface area contributed by atoms with E-state index < -0.39 is 0 Å². The van der Waals surface area contributed by atoms with E-state index in [-0.39, 0.29) is 6.10 Å². The molecule has 0 unspecified atom stereocenters. The Kier molecular flexibility index (Phi) is 5.55. The van der Waals surface area contributed by atoms with Crippen molar-refractivity contribution >= 4 is 0 Å². The van der Waals surface area contributed by atoms with Crippen LogP contribution in [0.25, 0.3) is 11.1 Å². The molecule has 0 aliphatic rings. The highest BCUT2D eigenvalue weighted by Crippen LogP contribution is 2.23. The molecule has 0 amide bonds. The number of hydrogen-bond acceptors (Lipinski definition) is 3. The van der Waals surface area contributed by atoms with Crippen molar-refractivity contribution in [1.29, 1.82) is 0 Å². The number of ether oxygens (including phenoxy) is 1. The molecule has 0 radical (unpaired) electrons. The summed E-state index contributed by atoms with van der Waals surface area (Å²) in [5.74, 6) is 0.666. The van der Waals surface area contributed by atoms with Crippen LogP contribution in [0.1, 0.15) is 33.4 Å². The van der Waals surface area contributed by atoms with Gasteiger partial charge in [0.1, 0.15) is 0 Å². The molecule has 0 saturated heterocycles. The molecule has 0 fully saturated rings. The summed E-state index contributed by atoms with van der Waals surface area (Å²) in [6.07, 6.45) is 3.95. The van der Waals surface area contributed by atoms with Crippen molar-refractivity contribution in [2.75, 3.05) is 0 Å². The highest BCUT2D eigenvalue weighted by Gasteiger charge is 2.06. The molecule has 19 heavy (non-hydrogen) atoms. The van der Waals surface area contributed by atoms with Gasteiger partial charge in [0.15, 0.2) is 0 Å². The molecule has 4 heteroatoms. The summed E-state index contributed by atoms with van der Waals surface area (Å²) in [5.41, 5.74) is 3.11. The lowest BCUT2D eigenvalue weighted by Gasteiger charge is -2.10. The van der Waals surface area contributed by atoms with Crippen LogP contribution in [0.5, 0.6) is 5.88 Å². The van der Waals surface area contributed by atoms with E-state index in [0.29, 0.717) is 5.88 Å². The Bertz CT molecular complexity index is 518. The van der Waals surface area contributed by atoms with E-state index in [0.717, 1.165) is 16.8 Å². The van der Waals surface area contributed by atoms with E-state index >= 15 is 0 Å². The summed E-state index contributed by atoms with van der Waals surface area (Å²) in [6.45, 7) is 9.95. The second-order valence-corrected chi connectivity index (χ2v) is 4.40. The van der Waals surface area contributed by atoms with E-state index in [1.807, 2.05) is 66.2 Å². The third-order valence-electron chi connectivity index (χ3n) is 2.32. The second kappa shape index (κ2) is 6.92. The first-order valence-corrected chi connectivity index (χ1v) is 6.69. The predicted molar refractivity (Wildman–Crippen MR) is 78.3 cm³/mol. The first-order valence-electron chi connectivity index (χ1n) is 6.69. The molecule has 2 aromatic heterocycles. The SMILES string of the molecule is CC.Cc1cc(-c2cnn(C)c2)cc(OC(C)C)n1. The lowest BCUT2D eigenvalue weighted by Crippen LogP contribution is -2.07. The minimum absolute atomic E-state index is 0.131. The number of hydrogen-bond donors (Lipinski definition) is 0. The van der Waals surface area contributed by atoms with Crippen molar-refractivity contribution in [2.45, 2.75) is 40.7 Å². The normalized spacial score (nSPS) is 10.1. The predicted octanol–water partition coefficient (Wildman–Crippen LogP) is 3.60. The van der Waals surface area contributed by atoms with Gasteiger partial charge in [-0.1, -0.05) is 13.8 Å². The minimum atomic E-state index is 0.131. The largest absolute Gasteiger partial charge is 0.475 e. The molecule has 2 rings (SSSR count). The molecule has 0 aliphatic carbocycles. The summed E-state index contributed by atoms with van der Waals surface area (Å²) in [5, 5.41) is 4.17. The van der Waals surface area contributed by atoms with Crippen molar-refractivity contribution in [3.63, 3.8) is 0 Å². The van der Waals surface area contributed by atoms with Crippen LogP contribution in [-0.4, -0.2) is 20.9 Å². The Morgan fingerprint density at radius 1 is 1.16 bits per heavy atom. The van der Waals surface area contributed by atoms with Crippen molar-refractivity contribution in [2.24, 2.45) is 7.05 Å². The van der Waals surface area contributed by atoms with E-state index in [1.54, 1.807) is 4.68 Å². The number of aromatic nitrogens is 3. The molecule has 4 nitrogen and oxygen atoms in total. The average molecular weight is 261 g/mol. The van der Waals surface area contributed by atoms with Gasteiger partial charge in [0, 0.05) is 30.6 Å². The molecule has 2 aromatic rings. The topological polar surface area (TPSA) is 39.9 Å². The molecule has 0 bridgehead atoms. The quantitative estimate of drug-likeness (QED) is 0.847. The number of aryl methyl sites for hydroxylation is 2. The summed E-state index contributed by atoms with van der Waals surface area (Å²) in [7, 11) is 1.91. The molecule has 0 spiro atoms. The lowest BCUT2D eigenvalue weighted by molar-refractivity contribution is 0.232. The monoisotopic (exact) mass is 261 g/mol. The van der Waals surface area contributed by atoms with Gasteiger partial charge >= 0.3 is 0 Å². The molecule has 2 heterocycles. The summed E-state index contributed by atoms with van der Waals surface area (Å²) >= 11 is 0. The minimum Gasteiger partial charge on any atom is -0.475 e. The zero-order valence-corrected chi connectivity index (χ0v) is 12.6. The zero-order chi connectivity index (χ0) is 14.4. The molecule has 104 valence electrons. The fraction of sp³-hybridized carbons (Fsp3) is 0.467. The maximum atomic E-state index is 5.63. The van der Waals surface area contributed by atoms with Crippen molar-refractivity contribution in [3.05, 3.63) is 30.2 Å². The summed E-state index contributed by atoms with van der Waals surface area (Å²) in [4.78, 5) is 4.36. The molecule has 0 N–H and O–H groups in total. The lowest BCUT2D eigenvalue weighted by atomic mass is 10.1. The second-order valence-electron chi connectivity index (χ2n) is 4.40. The van der Waals surface area contributed by atoms with E-state index in [1.165, 1.54) is 0 Å². The maximum Gasteiger partial charge on any atom is 0.214 e. The molecule has 0 aromatic carbocycles. The van der Waals surface area contributed by atoms with E-state index in [2.05, 4.69) is 10.1 Å². The number of nitrogens with zero attached hydrogens (tertiary/aromatic N) is 3. The van der Waals surface area contributed by atoms with Crippen LogP contribution >= 0.6 is 0 Å². The van der Waals surface area contributed by atoms with Gasteiger partial charge in [0.25, 0.3) is 0 Å². The van der Waals surface area contributed by atoms with Gasteiger partial charge in [-0.25, -0.2) is 4.98 Å². The standard InChI is InChI=1S/C13H17N3O.C2H6/c1-9(2)17-13-6-11(5-10(3)15-13)12-7-14-16(4)8-12;1-2/h5-9H,1-4H3;1-2H3. The Hall–Kier alpha value is -1.84. The van der Waals surface area contributed by atoms with Gasteiger partial charge in [0.05, 0.1) is 12.3 Å². The Labute approximate surface area is 115 Å². The zero-order valence-electron chi connectivity index (χ0n) is 12.6. The first-order chi connectivity index (χ1) is 9.04. The summed E-state index contributed by atoms with van der Waals surface area (Å²) in [6, 6.07) is 3.98. The van der Waals surface area contributed by atoms with Gasteiger partial charge in [-0.2, -0.15) is 5.10 Å². The Morgan fingerprint density at radius 3 is 2.37 bits per heavy atom. The van der Waals surface area contributed by atoms with Gasteiger partial charge in [-0.3, -0.25) is 4.68 Å². The smallest absolute Gasteiger partial charge is 0.214 e. The van der Waals surface area contributed by atoms with Crippen LogP contribution in [0.15, 0.2) is 24.5 Å². The van der Waals surface area contributed by atoms with Crippen LogP contribution in [0, 0.1) is 6.92 Å². The number of pyridine rings is 1. The van der Waals surface area contributed by atoms with Crippen molar-refractivity contribution < 1.29 is 4.74 Å². The van der Waals surface area contributed by atoms with Gasteiger partial charge < -0.3 is 4.74 Å². The van der Waals surface area contributed by atoms with Crippen LogP contribution in [0.3, 0.4) is 0 Å². The van der Waals surface area contributed by atoms with Crippen molar-refractivity contribution in [3.8, 4) is 17.0 Å². The molecule has 0 aliphatic heterocycles. The van der Waals surface area contributed by atoms with Gasteiger partial charge in [-0.15, -0.1) is 0 Å². The third-order valence-corrected chi connectivity index (χ3v) is 2.32.